The van der Waals surface area contributed by atoms with Gasteiger partial charge < -0.3 is 10.2 Å². The summed E-state index contributed by atoms with van der Waals surface area (Å²) in [6, 6.07) is 6.15. The topological polar surface area (TPSA) is 40.5 Å². The first-order valence-corrected chi connectivity index (χ1v) is 2.27. The molecular weight excluding hydrogens is 128 g/mol. The number of hydrogen-bond acceptors (Lipinski definition) is 2. The molecular formula is C6H8MgO2. The Morgan fingerprint density at radius 3 is 1.44 bits per heavy atom. The zero-order valence-corrected chi connectivity index (χ0v) is 4.20. The largest absolute Gasteiger partial charge is 0.504 e. The number of benzene rings is 1. The molecule has 0 fully saturated rings. The smallest absolute Gasteiger partial charge is 0.316 e. The van der Waals surface area contributed by atoms with Crippen molar-refractivity contribution in [3.05, 3.63) is 24.3 Å². The molecule has 2 nitrogen and oxygen atoms in total. The van der Waals surface area contributed by atoms with Gasteiger partial charge in [-0.05, 0) is 12.1 Å². The summed E-state index contributed by atoms with van der Waals surface area (Å²) in [7, 11) is 0. The van der Waals surface area contributed by atoms with E-state index in [0.29, 0.717) is 0 Å². The summed E-state index contributed by atoms with van der Waals surface area (Å²) in [4.78, 5) is 0. The van der Waals surface area contributed by atoms with Crippen LogP contribution in [-0.4, -0.2) is 33.3 Å². The fourth-order valence-corrected chi connectivity index (χ4v) is 0.464. The molecule has 0 spiro atoms. The molecule has 2 N–H and O–H groups in total. The van der Waals surface area contributed by atoms with Gasteiger partial charge in [0.05, 0.1) is 0 Å². The minimum Gasteiger partial charge on any atom is -0.504 e. The molecule has 0 aliphatic carbocycles. The molecule has 0 amide bonds. The van der Waals surface area contributed by atoms with Crippen molar-refractivity contribution in [2.45, 2.75) is 0 Å². The van der Waals surface area contributed by atoms with Gasteiger partial charge in [0.25, 0.3) is 0 Å². The second-order valence-electron chi connectivity index (χ2n) is 1.49. The van der Waals surface area contributed by atoms with Gasteiger partial charge >= 0.3 is 23.1 Å². The zero-order chi connectivity index (χ0) is 5.98. The first-order chi connectivity index (χ1) is 3.80. The predicted octanol–water partition coefficient (Wildman–Crippen LogP) is 0.182. The molecule has 0 saturated heterocycles. The standard InChI is InChI=1S/C6H6O2.Mg.2H/c7-5-3-1-2-4-6(5)8;;;/h1-4,7-8H;;;. The second kappa shape index (κ2) is 3.58. The lowest BCUT2D eigenvalue weighted by atomic mass is 10.3. The molecule has 0 aliphatic heterocycles. The Hall–Kier alpha value is -0.414. The molecule has 9 heavy (non-hydrogen) atoms. The van der Waals surface area contributed by atoms with Gasteiger partial charge in [-0.2, -0.15) is 0 Å². The third-order valence-corrected chi connectivity index (χ3v) is 0.882. The number of rotatable bonds is 0. The quantitative estimate of drug-likeness (QED) is 0.395. The molecule has 0 aromatic heterocycles. The third kappa shape index (κ3) is 2.11. The molecule has 3 heteroatoms. The van der Waals surface area contributed by atoms with Crippen LogP contribution in [0, 0.1) is 0 Å². The van der Waals surface area contributed by atoms with E-state index in [1.54, 1.807) is 12.1 Å². The van der Waals surface area contributed by atoms with Crippen LogP contribution in [0.1, 0.15) is 0 Å². The Morgan fingerprint density at radius 2 is 1.22 bits per heavy atom. The van der Waals surface area contributed by atoms with E-state index in [-0.39, 0.29) is 34.6 Å². The van der Waals surface area contributed by atoms with Crippen molar-refractivity contribution in [1.29, 1.82) is 0 Å². The zero-order valence-electron chi connectivity index (χ0n) is 4.20. The first-order valence-electron chi connectivity index (χ1n) is 2.27. The highest BCUT2D eigenvalue weighted by atomic mass is 24.3. The fourth-order valence-electron chi connectivity index (χ4n) is 0.464. The number of phenols is 2. The molecule has 0 unspecified atom stereocenters. The van der Waals surface area contributed by atoms with E-state index in [4.69, 9.17) is 10.2 Å². The van der Waals surface area contributed by atoms with E-state index in [1.807, 2.05) is 0 Å². The Labute approximate surface area is 69.3 Å². The second-order valence-corrected chi connectivity index (χ2v) is 1.49. The Morgan fingerprint density at radius 1 is 0.889 bits per heavy atom. The highest BCUT2D eigenvalue weighted by Crippen LogP contribution is 2.21. The van der Waals surface area contributed by atoms with Crippen molar-refractivity contribution in [3.63, 3.8) is 0 Å². The molecule has 1 rings (SSSR count). The van der Waals surface area contributed by atoms with Crippen LogP contribution in [0.4, 0.5) is 0 Å². The summed E-state index contributed by atoms with van der Waals surface area (Å²) in [6.07, 6.45) is 0. The SMILES string of the molecule is Oc1ccccc1O.[MgH2]. The van der Waals surface area contributed by atoms with Crippen LogP contribution in [0.25, 0.3) is 0 Å². The predicted molar refractivity (Wildman–Crippen MR) is 38.3 cm³/mol. The van der Waals surface area contributed by atoms with E-state index in [1.165, 1.54) is 12.1 Å². The maximum absolute atomic E-state index is 8.67. The van der Waals surface area contributed by atoms with Crippen molar-refractivity contribution >= 4 is 23.1 Å². The summed E-state index contributed by atoms with van der Waals surface area (Å²) in [5.41, 5.74) is 0. The van der Waals surface area contributed by atoms with Gasteiger partial charge in [-0.1, -0.05) is 12.1 Å². The van der Waals surface area contributed by atoms with Crippen molar-refractivity contribution in [1.82, 2.24) is 0 Å². The van der Waals surface area contributed by atoms with Gasteiger partial charge in [-0.3, -0.25) is 0 Å². The van der Waals surface area contributed by atoms with E-state index in [9.17, 15) is 0 Å². The van der Waals surface area contributed by atoms with Crippen LogP contribution in [0.2, 0.25) is 0 Å². The van der Waals surface area contributed by atoms with Gasteiger partial charge in [-0.25, -0.2) is 0 Å². The Bertz CT molecular complexity index is 167. The summed E-state index contributed by atoms with van der Waals surface area (Å²) >= 11 is 0. The van der Waals surface area contributed by atoms with Crippen LogP contribution in [0.5, 0.6) is 11.5 Å². The molecule has 1 aromatic rings. The lowest BCUT2D eigenvalue weighted by Gasteiger charge is -1.91. The maximum atomic E-state index is 8.67. The van der Waals surface area contributed by atoms with E-state index in [0.717, 1.165) is 0 Å². The Balaban J connectivity index is 0.000000640. The minimum atomic E-state index is -0.0764. The molecule has 0 bridgehead atoms. The molecule has 0 saturated carbocycles. The minimum absolute atomic E-state index is 0. The summed E-state index contributed by atoms with van der Waals surface area (Å²) in [5.74, 6) is -0.153. The van der Waals surface area contributed by atoms with Crippen molar-refractivity contribution in [3.8, 4) is 11.5 Å². The van der Waals surface area contributed by atoms with Crippen molar-refractivity contribution < 1.29 is 10.2 Å². The monoisotopic (exact) mass is 136 g/mol. The summed E-state index contributed by atoms with van der Waals surface area (Å²) in [5, 5.41) is 17.3. The van der Waals surface area contributed by atoms with Gasteiger partial charge in [0.2, 0.25) is 0 Å². The summed E-state index contributed by atoms with van der Waals surface area (Å²) < 4.78 is 0. The van der Waals surface area contributed by atoms with E-state index in [2.05, 4.69) is 0 Å². The fraction of sp³-hybridized carbons (Fsp3) is 0. The van der Waals surface area contributed by atoms with Crippen LogP contribution >= 0.6 is 0 Å². The molecule has 1 aromatic carbocycles. The molecule has 0 aliphatic rings. The third-order valence-electron chi connectivity index (χ3n) is 0.882. The van der Waals surface area contributed by atoms with Gasteiger partial charge in [0.15, 0.2) is 11.5 Å². The number of para-hydroxylation sites is 2. The maximum Gasteiger partial charge on any atom is 0.316 e. The van der Waals surface area contributed by atoms with Crippen LogP contribution < -0.4 is 0 Å². The molecule has 0 heterocycles. The first kappa shape index (κ1) is 8.59. The molecule has 0 radical (unpaired) electrons. The van der Waals surface area contributed by atoms with E-state index >= 15 is 0 Å². The number of hydrogen-bond donors (Lipinski definition) is 2. The highest BCUT2D eigenvalue weighted by molar-refractivity contribution is 5.75. The number of aromatic hydroxyl groups is 2. The van der Waals surface area contributed by atoms with Crippen molar-refractivity contribution in [2.24, 2.45) is 0 Å². The van der Waals surface area contributed by atoms with Gasteiger partial charge in [-0.15, -0.1) is 0 Å². The van der Waals surface area contributed by atoms with E-state index < -0.39 is 0 Å². The summed E-state index contributed by atoms with van der Waals surface area (Å²) in [6.45, 7) is 0. The highest BCUT2D eigenvalue weighted by Gasteiger charge is 1.90. The Kier molecular flexibility index (Phi) is 3.42. The normalized spacial score (nSPS) is 8.00. The van der Waals surface area contributed by atoms with Gasteiger partial charge in [0.1, 0.15) is 0 Å². The average molecular weight is 136 g/mol. The van der Waals surface area contributed by atoms with Crippen LogP contribution in [-0.2, 0) is 0 Å². The van der Waals surface area contributed by atoms with Crippen LogP contribution in [0.3, 0.4) is 0 Å². The van der Waals surface area contributed by atoms with Crippen molar-refractivity contribution in [2.75, 3.05) is 0 Å². The molecule has 46 valence electrons. The lowest BCUT2D eigenvalue weighted by Crippen LogP contribution is -1.63. The lowest BCUT2D eigenvalue weighted by molar-refractivity contribution is 0.404. The molecule has 0 atom stereocenters. The average Bonchev–Trinajstić information content (AvgIpc) is 1.77. The van der Waals surface area contributed by atoms with Crippen LogP contribution in [0.15, 0.2) is 24.3 Å². The number of phenolic OH excluding ortho intramolecular Hbond substituents is 2. The van der Waals surface area contributed by atoms with Gasteiger partial charge in [0, 0.05) is 0 Å².